The summed E-state index contributed by atoms with van der Waals surface area (Å²) in [5.41, 5.74) is 3.91. The molecule has 4 aromatic rings. The zero-order chi connectivity index (χ0) is 22.3. The molecule has 0 aliphatic rings. The van der Waals surface area contributed by atoms with E-state index in [4.69, 9.17) is 4.42 Å². The third-order valence-corrected chi connectivity index (χ3v) is 6.08. The SMILES string of the molecule is Cc1ccccc1CN(C(=O)c1cccs1)c1ccc(CC(=O)NCc2ccco2)cc1. The maximum absolute atomic E-state index is 13.2. The molecule has 0 saturated heterocycles. The molecule has 0 aliphatic carbocycles. The number of thiophene rings is 1. The summed E-state index contributed by atoms with van der Waals surface area (Å²) in [6.07, 6.45) is 1.85. The highest BCUT2D eigenvalue weighted by atomic mass is 32.1. The Morgan fingerprint density at radius 2 is 1.78 bits per heavy atom. The van der Waals surface area contributed by atoms with E-state index in [-0.39, 0.29) is 18.2 Å². The van der Waals surface area contributed by atoms with E-state index in [9.17, 15) is 9.59 Å². The Kier molecular flexibility index (Phi) is 6.82. The monoisotopic (exact) mass is 444 g/mol. The van der Waals surface area contributed by atoms with Crippen LogP contribution in [0.3, 0.4) is 0 Å². The number of anilines is 1. The van der Waals surface area contributed by atoms with Crippen LogP contribution in [-0.2, 0) is 24.3 Å². The second-order valence-electron chi connectivity index (χ2n) is 7.49. The van der Waals surface area contributed by atoms with Gasteiger partial charge in [-0.1, -0.05) is 42.5 Å². The molecule has 4 rings (SSSR count). The molecule has 6 heteroatoms. The standard InChI is InChI=1S/C26H24N2O3S/c1-19-6-2-3-7-21(19)18-28(26(30)24-9-5-15-32-24)22-12-10-20(11-13-22)16-25(29)27-17-23-8-4-14-31-23/h2-15H,16-18H2,1H3,(H,27,29). The quantitative estimate of drug-likeness (QED) is 0.398. The van der Waals surface area contributed by atoms with E-state index in [1.165, 1.54) is 11.3 Å². The van der Waals surface area contributed by atoms with E-state index in [0.717, 1.165) is 22.4 Å². The number of aryl methyl sites for hydroxylation is 1. The lowest BCUT2D eigenvalue weighted by Crippen LogP contribution is -2.30. The van der Waals surface area contributed by atoms with Gasteiger partial charge in [0.1, 0.15) is 5.76 Å². The summed E-state index contributed by atoms with van der Waals surface area (Å²) in [6.45, 7) is 2.89. The van der Waals surface area contributed by atoms with Crippen molar-refractivity contribution in [1.82, 2.24) is 5.32 Å². The molecule has 0 fully saturated rings. The van der Waals surface area contributed by atoms with Crippen LogP contribution in [-0.4, -0.2) is 11.8 Å². The smallest absolute Gasteiger partial charge is 0.268 e. The van der Waals surface area contributed by atoms with Crippen LogP contribution >= 0.6 is 11.3 Å². The summed E-state index contributed by atoms with van der Waals surface area (Å²) in [4.78, 5) is 28.0. The van der Waals surface area contributed by atoms with Gasteiger partial charge in [-0.2, -0.15) is 0 Å². The second kappa shape index (κ2) is 10.1. The summed E-state index contributed by atoms with van der Waals surface area (Å²) in [5, 5.41) is 4.76. The number of nitrogens with one attached hydrogen (secondary N) is 1. The molecule has 0 saturated carbocycles. The Balaban J connectivity index is 1.49. The van der Waals surface area contributed by atoms with Crippen molar-refractivity contribution >= 4 is 28.8 Å². The number of hydrogen-bond donors (Lipinski definition) is 1. The van der Waals surface area contributed by atoms with Gasteiger partial charge in [-0.3, -0.25) is 9.59 Å². The molecule has 0 unspecified atom stereocenters. The number of nitrogens with zero attached hydrogens (tertiary/aromatic N) is 1. The second-order valence-corrected chi connectivity index (χ2v) is 8.44. The number of carbonyl (C=O) groups is 2. The molecule has 0 spiro atoms. The highest BCUT2D eigenvalue weighted by molar-refractivity contribution is 7.12. The highest BCUT2D eigenvalue weighted by Gasteiger charge is 2.20. The Morgan fingerprint density at radius 1 is 0.969 bits per heavy atom. The zero-order valence-electron chi connectivity index (χ0n) is 17.8. The van der Waals surface area contributed by atoms with Crippen LogP contribution in [0.15, 0.2) is 88.9 Å². The molecule has 2 amide bonds. The van der Waals surface area contributed by atoms with E-state index >= 15 is 0 Å². The predicted molar refractivity (Wildman–Crippen MR) is 127 cm³/mol. The Bertz CT molecular complexity index is 1170. The lowest BCUT2D eigenvalue weighted by Gasteiger charge is -2.23. The first-order valence-electron chi connectivity index (χ1n) is 10.4. The van der Waals surface area contributed by atoms with Gasteiger partial charge in [0.05, 0.1) is 30.7 Å². The van der Waals surface area contributed by atoms with Crippen LogP contribution in [0.2, 0.25) is 0 Å². The van der Waals surface area contributed by atoms with Crippen LogP contribution < -0.4 is 10.2 Å². The maximum atomic E-state index is 13.2. The lowest BCUT2D eigenvalue weighted by molar-refractivity contribution is -0.120. The minimum atomic E-state index is -0.0828. The van der Waals surface area contributed by atoms with Gasteiger partial charge in [0.2, 0.25) is 5.91 Å². The fourth-order valence-corrected chi connectivity index (χ4v) is 4.08. The first-order chi connectivity index (χ1) is 15.6. The molecule has 0 aliphatic heterocycles. The van der Waals surface area contributed by atoms with Gasteiger partial charge in [0.15, 0.2) is 0 Å². The van der Waals surface area contributed by atoms with Crippen LogP contribution in [0.4, 0.5) is 5.69 Å². The Labute approximate surface area is 191 Å². The van der Waals surface area contributed by atoms with Crippen molar-refractivity contribution in [3.8, 4) is 0 Å². The average molecular weight is 445 g/mol. The number of rotatable bonds is 8. The molecule has 0 bridgehead atoms. The van der Waals surface area contributed by atoms with Gasteiger partial charge in [-0.05, 0) is 59.3 Å². The molecule has 1 N–H and O–H groups in total. The fourth-order valence-electron chi connectivity index (χ4n) is 3.41. The topological polar surface area (TPSA) is 62.6 Å². The molecular weight excluding hydrogens is 420 g/mol. The van der Waals surface area contributed by atoms with Gasteiger partial charge in [-0.15, -0.1) is 11.3 Å². The number of carbonyl (C=O) groups excluding carboxylic acids is 2. The molecular formula is C26H24N2O3S. The summed E-state index contributed by atoms with van der Waals surface area (Å²) in [5.74, 6) is 0.598. The van der Waals surface area contributed by atoms with E-state index in [2.05, 4.69) is 5.32 Å². The minimum absolute atomic E-state index is 0.0350. The largest absolute Gasteiger partial charge is 0.467 e. The third-order valence-electron chi connectivity index (χ3n) is 5.22. The van der Waals surface area contributed by atoms with Crippen molar-refractivity contribution in [1.29, 1.82) is 0 Å². The summed E-state index contributed by atoms with van der Waals surface area (Å²) < 4.78 is 5.24. The predicted octanol–water partition coefficient (Wildman–Crippen LogP) is 5.36. The zero-order valence-corrected chi connectivity index (χ0v) is 18.6. The van der Waals surface area contributed by atoms with Crippen molar-refractivity contribution in [2.45, 2.75) is 26.4 Å². The van der Waals surface area contributed by atoms with E-state index < -0.39 is 0 Å². The Hall–Kier alpha value is -3.64. The number of amides is 2. The number of benzene rings is 2. The third kappa shape index (κ3) is 5.34. The molecule has 2 aromatic carbocycles. The normalized spacial score (nSPS) is 10.7. The Morgan fingerprint density at radius 3 is 2.47 bits per heavy atom. The van der Waals surface area contributed by atoms with Crippen molar-refractivity contribution in [2.75, 3.05) is 4.90 Å². The summed E-state index contributed by atoms with van der Waals surface area (Å²) in [6, 6.07) is 23.0. The summed E-state index contributed by atoms with van der Waals surface area (Å²) >= 11 is 1.43. The van der Waals surface area contributed by atoms with Gasteiger partial charge < -0.3 is 14.6 Å². The molecule has 162 valence electrons. The minimum Gasteiger partial charge on any atom is -0.467 e. The molecule has 0 radical (unpaired) electrons. The van der Waals surface area contributed by atoms with E-state index in [1.54, 1.807) is 17.2 Å². The van der Waals surface area contributed by atoms with Gasteiger partial charge in [0.25, 0.3) is 5.91 Å². The van der Waals surface area contributed by atoms with Crippen molar-refractivity contribution in [2.24, 2.45) is 0 Å². The van der Waals surface area contributed by atoms with Crippen LogP contribution in [0.25, 0.3) is 0 Å². The van der Waals surface area contributed by atoms with Crippen molar-refractivity contribution < 1.29 is 14.0 Å². The van der Waals surface area contributed by atoms with Gasteiger partial charge in [0, 0.05) is 5.69 Å². The van der Waals surface area contributed by atoms with Gasteiger partial charge >= 0.3 is 0 Å². The molecule has 32 heavy (non-hydrogen) atoms. The fraction of sp³-hybridized carbons (Fsp3) is 0.154. The van der Waals surface area contributed by atoms with Gasteiger partial charge in [-0.25, -0.2) is 0 Å². The van der Waals surface area contributed by atoms with Crippen molar-refractivity contribution in [3.05, 3.63) is 112 Å². The first-order valence-corrected chi connectivity index (χ1v) is 11.3. The average Bonchev–Trinajstić information content (AvgIpc) is 3.52. The highest BCUT2D eigenvalue weighted by Crippen LogP contribution is 2.24. The van der Waals surface area contributed by atoms with Crippen LogP contribution in [0.1, 0.15) is 32.1 Å². The first kappa shape index (κ1) is 21.6. The van der Waals surface area contributed by atoms with E-state index in [1.807, 2.05) is 79.0 Å². The molecule has 5 nitrogen and oxygen atoms in total. The molecule has 0 atom stereocenters. The van der Waals surface area contributed by atoms with E-state index in [0.29, 0.717) is 23.7 Å². The van der Waals surface area contributed by atoms with Crippen LogP contribution in [0.5, 0.6) is 0 Å². The summed E-state index contributed by atoms with van der Waals surface area (Å²) in [7, 11) is 0. The van der Waals surface area contributed by atoms with Crippen molar-refractivity contribution in [3.63, 3.8) is 0 Å². The maximum Gasteiger partial charge on any atom is 0.268 e. The molecule has 2 aromatic heterocycles. The number of hydrogen-bond acceptors (Lipinski definition) is 4. The number of furan rings is 1. The molecule has 2 heterocycles. The van der Waals surface area contributed by atoms with Crippen LogP contribution in [0, 0.1) is 6.92 Å². The lowest BCUT2D eigenvalue weighted by atomic mass is 10.1.